The summed E-state index contributed by atoms with van der Waals surface area (Å²) >= 11 is 0. The molecule has 0 radical (unpaired) electrons. The number of carbonyl (C=O) groups excluding carboxylic acids is 1. The van der Waals surface area contributed by atoms with Gasteiger partial charge in [0.1, 0.15) is 18.2 Å². The van der Waals surface area contributed by atoms with E-state index in [2.05, 4.69) is 12.0 Å². The van der Waals surface area contributed by atoms with Crippen molar-refractivity contribution in [2.45, 2.75) is 63.3 Å². The lowest BCUT2D eigenvalue weighted by Gasteiger charge is -2.27. The second kappa shape index (κ2) is 9.19. The minimum atomic E-state index is 0.208. The largest absolute Gasteiger partial charge is 0.508 e. The van der Waals surface area contributed by atoms with Crippen molar-refractivity contribution in [3.8, 4) is 11.5 Å². The van der Waals surface area contributed by atoms with Crippen LogP contribution in [0.4, 0.5) is 0 Å². The SMILES string of the molecule is NOc1cccc2c1B(CCCB1CCC(c3ccccc3O)CC1)C=C2C(=O)C1CC1. The first kappa shape index (κ1) is 21.4. The van der Waals surface area contributed by atoms with E-state index in [1.165, 1.54) is 19.0 Å². The van der Waals surface area contributed by atoms with Gasteiger partial charge < -0.3 is 9.94 Å². The third-order valence-corrected chi connectivity index (χ3v) is 7.79. The third-order valence-electron chi connectivity index (χ3n) is 7.79. The van der Waals surface area contributed by atoms with Crippen LogP contribution in [0.3, 0.4) is 0 Å². The van der Waals surface area contributed by atoms with Crippen LogP contribution in [0.2, 0.25) is 25.3 Å². The van der Waals surface area contributed by atoms with Crippen LogP contribution < -0.4 is 16.2 Å². The molecule has 0 unspecified atom stereocenters. The lowest BCUT2D eigenvalue weighted by Crippen LogP contribution is -2.30. The maximum absolute atomic E-state index is 12.9. The van der Waals surface area contributed by atoms with Crippen LogP contribution in [0.5, 0.6) is 11.5 Å². The molecule has 2 aromatic carbocycles. The van der Waals surface area contributed by atoms with Crippen LogP contribution in [-0.4, -0.2) is 24.3 Å². The summed E-state index contributed by atoms with van der Waals surface area (Å²) in [6, 6.07) is 13.7. The Morgan fingerprint density at radius 3 is 2.53 bits per heavy atom. The Kier molecular flexibility index (Phi) is 6.14. The number of carbonyl (C=O) groups is 1. The highest BCUT2D eigenvalue weighted by Crippen LogP contribution is 2.40. The fraction of sp³-hybridized carbons (Fsp3) is 0.423. The number of rotatable bonds is 8. The monoisotopic (exact) mass is 427 g/mol. The minimum absolute atomic E-state index is 0.208. The van der Waals surface area contributed by atoms with Gasteiger partial charge in [0, 0.05) is 11.5 Å². The number of phenolic OH excluding ortho intramolecular Hbond substituents is 1. The van der Waals surface area contributed by atoms with Gasteiger partial charge >= 0.3 is 0 Å². The number of para-hydroxylation sites is 1. The van der Waals surface area contributed by atoms with Crippen molar-refractivity contribution in [2.24, 2.45) is 11.8 Å². The van der Waals surface area contributed by atoms with Gasteiger partial charge in [0.15, 0.2) is 5.78 Å². The van der Waals surface area contributed by atoms with E-state index in [9.17, 15) is 9.90 Å². The van der Waals surface area contributed by atoms with Gasteiger partial charge in [0.05, 0.1) is 0 Å². The molecule has 2 heterocycles. The maximum Gasteiger partial charge on any atom is 0.207 e. The molecule has 6 heteroatoms. The highest BCUT2D eigenvalue weighted by atomic mass is 16.6. The van der Waals surface area contributed by atoms with Gasteiger partial charge in [0.25, 0.3) is 0 Å². The molecule has 0 aromatic heterocycles. The summed E-state index contributed by atoms with van der Waals surface area (Å²) in [5.74, 6) is 9.89. The number of ketones is 1. The second-order valence-electron chi connectivity index (χ2n) is 9.87. The van der Waals surface area contributed by atoms with E-state index in [-0.39, 0.29) is 12.6 Å². The number of hydrogen-bond acceptors (Lipinski definition) is 4. The number of benzene rings is 2. The van der Waals surface area contributed by atoms with Crippen LogP contribution in [0.1, 0.15) is 49.1 Å². The fourth-order valence-electron chi connectivity index (χ4n) is 5.87. The quantitative estimate of drug-likeness (QED) is 0.472. The van der Waals surface area contributed by atoms with E-state index in [1.807, 2.05) is 30.3 Å². The predicted molar refractivity (Wildman–Crippen MR) is 132 cm³/mol. The average Bonchev–Trinajstić information content (AvgIpc) is 3.61. The van der Waals surface area contributed by atoms with E-state index in [1.54, 1.807) is 6.07 Å². The van der Waals surface area contributed by atoms with Crippen LogP contribution >= 0.6 is 0 Å². The molecule has 3 N–H and O–H groups in total. The van der Waals surface area contributed by atoms with Gasteiger partial charge in [-0.2, -0.15) is 5.90 Å². The molecular weight excluding hydrogens is 396 g/mol. The zero-order chi connectivity index (χ0) is 22.1. The van der Waals surface area contributed by atoms with Crippen molar-refractivity contribution in [3.05, 3.63) is 59.6 Å². The van der Waals surface area contributed by atoms with E-state index < -0.39 is 0 Å². The van der Waals surface area contributed by atoms with E-state index in [4.69, 9.17) is 10.7 Å². The number of phenols is 1. The van der Waals surface area contributed by atoms with Gasteiger partial charge in [-0.1, -0.05) is 80.9 Å². The van der Waals surface area contributed by atoms with Crippen molar-refractivity contribution in [1.82, 2.24) is 0 Å². The van der Waals surface area contributed by atoms with E-state index >= 15 is 0 Å². The van der Waals surface area contributed by atoms with Crippen LogP contribution in [-0.2, 0) is 4.79 Å². The van der Waals surface area contributed by atoms with Gasteiger partial charge in [-0.15, -0.1) is 0 Å². The average molecular weight is 427 g/mol. The molecule has 5 rings (SSSR count). The molecule has 32 heavy (non-hydrogen) atoms. The molecular formula is C26H31B2NO3. The maximum atomic E-state index is 12.9. The number of fused-ring (bicyclic) bond motifs is 1. The topological polar surface area (TPSA) is 72.6 Å². The summed E-state index contributed by atoms with van der Waals surface area (Å²) in [7, 11) is 0. The molecule has 0 atom stereocenters. The Morgan fingerprint density at radius 1 is 1.03 bits per heavy atom. The van der Waals surface area contributed by atoms with Gasteiger partial charge in [-0.25, -0.2) is 0 Å². The Hall–Kier alpha value is -2.46. The molecule has 3 aliphatic rings. The number of nitrogens with two attached hydrogens (primary N) is 1. The van der Waals surface area contributed by atoms with Gasteiger partial charge in [0.2, 0.25) is 6.71 Å². The van der Waals surface area contributed by atoms with Crippen molar-refractivity contribution >= 4 is 30.2 Å². The first-order valence-corrected chi connectivity index (χ1v) is 12.2. The highest BCUT2D eigenvalue weighted by Gasteiger charge is 2.38. The summed E-state index contributed by atoms with van der Waals surface area (Å²) in [6.45, 7) is 0.954. The molecule has 1 aliphatic carbocycles. The lowest BCUT2D eigenvalue weighted by molar-refractivity contribution is -0.114. The summed E-state index contributed by atoms with van der Waals surface area (Å²) in [6.07, 6.45) is 10.2. The molecule has 1 saturated carbocycles. The van der Waals surface area contributed by atoms with Crippen LogP contribution in [0.25, 0.3) is 5.57 Å². The van der Waals surface area contributed by atoms with Crippen LogP contribution in [0.15, 0.2) is 48.4 Å². The first-order chi connectivity index (χ1) is 15.7. The van der Waals surface area contributed by atoms with Crippen molar-refractivity contribution in [2.75, 3.05) is 0 Å². The second-order valence-corrected chi connectivity index (χ2v) is 9.87. The molecule has 164 valence electrons. The molecule has 0 amide bonds. The van der Waals surface area contributed by atoms with E-state index in [0.717, 1.165) is 67.3 Å². The summed E-state index contributed by atoms with van der Waals surface area (Å²) in [4.78, 5) is 18.0. The normalized spacial score (nSPS) is 18.5. The minimum Gasteiger partial charge on any atom is -0.508 e. The highest BCUT2D eigenvalue weighted by molar-refractivity contribution is 6.83. The molecule has 1 saturated heterocycles. The third kappa shape index (κ3) is 4.25. The van der Waals surface area contributed by atoms with Gasteiger partial charge in [-0.05, 0) is 47.5 Å². The number of aromatic hydroxyl groups is 1. The molecule has 2 aromatic rings. The molecule has 4 nitrogen and oxygen atoms in total. The zero-order valence-electron chi connectivity index (χ0n) is 18.6. The van der Waals surface area contributed by atoms with E-state index in [0.29, 0.717) is 23.2 Å². The molecule has 0 spiro atoms. The Morgan fingerprint density at radius 2 is 1.81 bits per heavy atom. The molecule has 2 fully saturated rings. The van der Waals surface area contributed by atoms with Crippen molar-refractivity contribution in [3.63, 3.8) is 0 Å². The summed E-state index contributed by atoms with van der Waals surface area (Å²) in [5, 5.41) is 10.2. The smallest absolute Gasteiger partial charge is 0.207 e. The van der Waals surface area contributed by atoms with Crippen molar-refractivity contribution in [1.29, 1.82) is 0 Å². The Labute approximate surface area is 191 Å². The number of Topliss-reactive ketones (excluding diaryl/α,β-unsaturated/α-hetero) is 1. The zero-order valence-corrected chi connectivity index (χ0v) is 18.6. The fourth-order valence-corrected chi connectivity index (χ4v) is 5.87. The lowest BCUT2D eigenvalue weighted by atomic mass is 9.36. The standard InChI is InChI=1S/C26H31B2NO3/c29-32-24-8-3-6-21-22(26(31)19-9-10-19)17-28(25(21)24)14-4-13-27-15-11-18(12-16-27)20-5-1-2-7-23(20)30/h1-3,5-8,17-19,30H,4,9-16,29H2. The number of allylic oxidation sites excluding steroid dienone is 1. The van der Waals surface area contributed by atoms with Gasteiger partial charge in [-0.3, -0.25) is 4.79 Å². The first-order valence-electron chi connectivity index (χ1n) is 12.2. The van der Waals surface area contributed by atoms with Crippen molar-refractivity contribution < 1.29 is 14.7 Å². The Balaban J connectivity index is 1.19. The number of hydrogen-bond donors (Lipinski definition) is 2. The summed E-state index contributed by atoms with van der Waals surface area (Å²) < 4.78 is 0. The molecule has 0 bridgehead atoms. The summed E-state index contributed by atoms with van der Waals surface area (Å²) in [5.41, 5.74) is 4.12. The predicted octanol–water partition coefficient (Wildman–Crippen LogP) is 4.72. The Bertz CT molecular complexity index is 1030. The molecule has 2 aliphatic heterocycles. The van der Waals surface area contributed by atoms with Crippen LogP contribution in [0, 0.1) is 5.92 Å².